The number of rotatable bonds is 3. The van der Waals surface area contributed by atoms with Crippen LogP contribution in [0.3, 0.4) is 0 Å². The van der Waals surface area contributed by atoms with Gasteiger partial charge in [0.2, 0.25) is 5.91 Å². The van der Waals surface area contributed by atoms with Crippen LogP contribution in [0, 0.1) is 5.92 Å². The first-order valence-electron chi connectivity index (χ1n) is 7.08. The van der Waals surface area contributed by atoms with Crippen LogP contribution in [0.5, 0.6) is 0 Å². The van der Waals surface area contributed by atoms with Crippen LogP contribution >= 0.6 is 11.3 Å². The molecule has 1 N–H and O–H groups in total. The van der Waals surface area contributed by atoms with Crippen LogP contribution in [0.2, 0.25) is 0 Å². The Morgan fingerprint density at radius 1 is 1.50 bits per heavy atom. The van der Waals surface area contributed by atoms with Crippen LogP contribution in [0.25, 0.3) is 10.2 Å². The minimum Gasteiger partial charge on any atom is -0.301 e. The van der Waals surface area contributed by atoms with E-state index in [0.717, 1.165) is 23.3 Å². The number of nitrogens with one attached hydrogen (secondary N) is 1. The number of nitrogens with zero attached hydrogens (tertiary/aromatic N) is 2. The Morgan fingerprint density at radius 2 is 2.35 bits per heavy atom. The van der Waals surface area contributed by atoms with Gasteiger partial charge in [0, 0.05) is 6.54 Å². The number of piperidine rings is 1. The van der Waals surface area contributed by atoms with Gasteiger partial charge < -0.3 is 5.32 Å². The highest BCUT2D eigenvalue weighted by molar-refractivity contribution is 7.22. The molecule has 1 aromatic carbocycles. The van der Waals surface area contributed by atoms with E-state index < -0.39 is 0 Å². The first kappa shape index (κ1) is 13.5. The zero-order chi connectivity index (χ0) is 13.9. The Labute approximate surface area is 122 Å². The molecule has 3 rings (SSSR count). The van der Waals surface area contributed by atoms with E-state index >= 15 is 0 Å². The molecule has 20 heavy (non-hydrogen) atoms. The minimum absolute atomic E-state index is 0.0400. The second kappa shape index (κ2) is 5.89. The van der Waals surface area contributed by atoms with Crippen molar-refractivity contribution in [3.05, 3.63) is 24.3 Å². The van der Waals surface area contributed by atoms with E-state index in [1.165, 1.54) is 24.2 Å². The Hall–Kier alpha value is -1.46. The predicted octanol–water partition coefficient (Wildman–Crippen LogP) is 2.97. The summed E-state index contributed by atoms with van der Waals surface area (Å²) in [6.45, 7) is 4.77. The maximum atomic E-state index is 12.1. The third-order valence-electron chi connectivity index (χ3n) is 3.65. The normalized spacial score (nSPS) is 20.1. The fourth-order valence-corrected chi connectivity index (χ4v) is 3.60. The van der Waals surface area contributed by atoms with E-state index in [9.17, 15) is 4.79 Å². The lowest BCUT2D eigenvalue weighted by Gasteiger charge is -2.29. The summed E-state index contributed by atoms with van der Waals surface area (Å²) in [5.41, 5.74) is 0.944. The van der Waals surface area contributed by atoms with Crippen LogP contribution in [-0.4, -0.2) is 35.4 Å². The van der Waals surface area contributed by atoms with Crippen molar-refractivity contribution in [1.82, 2.24) is 9.88 Å². The molecule has 1 amide bonds. The maximum absolute atomic E-state index is 12.1. The number of likely N-dealkylation sites (tertiary alicyclic amines) is 1. The average molecular weight is 289 g/mol. The van der Waals surface area contributed by atoms with E-state index in [2.05, 4.69) is 22.1 Å². The van der Waals surface area contributed by atoms with E-state index in [1.807, 2.05) is 24.3 Å². The molecule has 1 fully saturated rings. The number of hydrogen-bond acceptors (Lipinski definition) is 4. The fourth-order valence-electron chi connectivity index (χ4n) is 2.72. The van der Waals surface area contributed by atoms with Gasteiger partial charge in [0.05, 0.1) is 16.8 Å². The van der Waals surface area contributed by atoms with Crippen molar-refractivity contribution < 1.29 is 4.79 Å². The van der Waals surface area contributed by atoms with Gasteiger partial charge in [-0.1, -0.05) is 30.4 Å². The summed E-state index contributed by atoms with van der Waals surface area (Å²) in [6, 6.07) is 7.94. The first-order valence-corrected chi connectivity index (χ1v) is 7.90. The second-order valence-electron chi connectivity index (χ2n) is 5.52. The first-order chi connectivity index (χ1) is 9.70. The molecular weight excluding hydrogens is 270 g/mol. The van der Waals surface area contributed by atoms with Crippen molar-refractivity contribution in [3.8, 4) is 0 Å². The molecule has 0 bridgehead atoms. The summed E-state index contributed by atoms with van der Waals surface area (Å²) in [4.78, 5) is 18.7. The Bertz CT molecular complexity index is 577. The van der Waals surface area contributed by atoms with Crippen molar-refractivity contribution in [2.45, 2.75) is 19.8 Å². The standard InChI is InChI=1S/C15H19N3OS/c1-11-5-4-8-18(9-11)10-14(19)17-15-16-12-6-2-3-7-13(12)20-15/h2-3,6-7,11H,4-5,8-10H2,1H3,(H,16,17,19)/t11-/m0/s1. The SMILES string of the molecule is C[C@H]1CCCN(CC(=O)Nc2nc3ccccc3s2)C1. The minimum atomic E-state index is 0.0400. The van der Waals surface area contributed by atoms with Gasteiger partial charge in [0.25, 0.3) is 0 Å². The number of aromatic nitrogens is 1. The monoisotopic (exact) mass is 289 g/mol. The number of amides is 1. The number of fused-ring (bicyclic) bond motifs is 1. The number of para-hydroxylation sites is 1. The molecule has 1 aliphatic rings. The van der Waals surface area contributed by atoms with Gasteiger partial charge in [-0.05, 0) is 37.4 Å². The van der Waals surface area contributed by atoms with Gasteiger partial charge in [-0.3, -0.25) is 9.69 Å². The largest absolute Gasteiger partial charge is 0.301 e. The topological polar surface area (TPSA) is 45.2 Å². The fraction of sp³-hybridized carbons (Fsp3) is 0.467. The van der Waals surface area contributed by atoms with E-state index in [-0.39, 0.29) is 5.91 Å². The third-order valence-corrected chi connectivity index (χ3v) is 4.60. The van der Waals surface area contributed by atoms with Crippen LogP contribution in [-0.2, 0) is 4.79 Å². The molecule has 2 heterocycles. The van der Waals surface area contributed by atoms with Gasteiger partial charge in [-0.2, -0.15) is 0 Å². The number of anilines is 1. The molecule has 0 aliphatic carbocycles. The average Bonchev–Trinajstić information content (AvgIpc) is 2.80. The summed E-state index contributed by atoms with van der Waals surface area (Å²) < 4.78 is 1.11. The zero-order valence-electron chi connectivity index (χ0n) is 11.6. The molecule has 0 saturated carbocycles. The van der Waals surface area contributed by atoms with Crippen molar-refractivity contribution in [2.75, 3.05) is 25.0 Å². The van der Waals surface area contributed by atoms with Gasteiger partial charge in [-0.15, -0.1) is 0 Å². The summed E-state index contributed by atoms with van der Waals surface area (Å²) in [5, 5.41) is 3.62. The number of hydrogen-bond donors (Lipinski definition) is 1. The summed E-state index contributed by atoms with van der Waals surface area (Å²) >= 11 is 1.53. The smallest absolute Gasteiger partial charge is 0.240 e. The van der Waals surface area contributed by atoms with Crippen LogP contribution in [0.15, 0.2) is 24.3 Å². The highest BCUT2D eigenvalue weighted by Gasteiger charge is 2.19. The van der Waals surface area contributed by atoms with Crippen LogP contribution < -0.4 is 5.32 Å². The van der Waals surface area contributed by atoms with Crippen LogP contribution in [0.1, 0.15) is 19.8 Å². The van der Waals surface area contributed by atoms with Crippen molar-refractivity contribution in [3.63, 3.8) is 0 Å². The quantitative estimate of drug-likeness (QED) is 0.945. The highest BCUT2D eigenvalue weighted by Crippen LogP contribution is 2.25. The molecule has 1 saturated heterocycles. The number of carbonyl (C=O) groups is 1. The van der Waals surface area contributed by atoms with Gasteiger partial charge >= 0.3 is 0 Å². The number of benzene rings is 1. The Kier molecular flexibility index (Phi) is 3.98. The molecule has 106 valence electrons. The molecule has 2 aromatic rings. The molecule has 1 aliphatic heterocycles. The highest BCUT2D eigenvalue weighted by atomic mass is 32.1. The second-order valence-corrected chi connectivity index (χ2v) is 6.55. The molecule has 1 aromatic heterocycles. The number of carbonyl (C=O) groups excluding carboxylic acids is 1. The summed E-state index contributed by atoms with van der Waals surface area (Å²) in [6.07, 6.45) is 2.46. The Morgan fingerprint density at radius 3 is 3.15 bits per heavy atom. The molecule has 5 heteroatoms. The predicted molar refractivity (Wildman–Crippen MR) is 83.1 cm³/mol. The van der Waals surface area contributed by atoms with Gasteiger partial charge in [0.15, 0.2) is 5.13 Å². The van der Waals surface area contributed by atoms with Crippen molar-refractivity contribution in [2.24, 2.45) is 5.92 Å². The lowest BCUT2D eigenvalue weighted by atomic mass is 10.0. The van der Waals surface area contributed by atoms with Gasteiger partial charge in [0.1, 0.15) is 0 Å². The molecule has 1 atom stereocenters. The maximum Gasteiger partial charge on any atom is 0.240 e. The molecule has 0 radical (unpaired) electrons. The molecule has 4 nitrogen and oxygen atoms in total. The number of thiazole rings is 1. The molecule has 0 spiro atoms. The van der Waals surface area contributed by atoms with Crippen molar-refractivity contribution >= 4 is 32.6 Å². The third kappa shape index (κ3) is 3.16. The van der Waals surface area contributed by atoms with Crippen LogP contribution in [0.4, 0.5) is 5.13 Å². The van der Waals surface area contributed by atoms with E-state index in [1.54, 1.807) is 0 Å². The summed E-state index contributed by atoms with van der Waals surface area (Å²) in [7, 11) is 0. The zero-order valence-corrected chi connectivity index (χ0v) is 12.4. The molecular formula is C15H19N3OS. The van der Waals surface area contributed by atoms with E-state index in [4.69, 9.17) is 0 Å². The Balaban J connectivity index is 1.60. The van der Waals surface area contributed by atoms with E-state index in [0.29, 0.717) is 17.6 Å². The lowest BCUT2D eigenvalue weighted by molar-refractivity contribution is -0.117. The summed E-state index contributed by atoms with van der Waals surface area (Å²) in [5.74, 6) is 0.733. The lowest BCUT2D eigenvalue weighted by Crippen LogP contribution is -2.39. The van der Waals surface area contributed by atoms with Crippen molar-refractivity contribution in [1.29, 1.82) is 0 Å². The molecule has 0 unspecified atom stereocenters. The van der Waals surface area contributed by atoms with Gasteiger partial charge in [-0.25, -0.2) is 4.98 Å².